The van der Waals surface area contributed by atoms with E-state index in [1.54, 1.807) is 0 Å². The number of Topliss-reactive ketones (excluding diaryl/α,β-unsaturated/α-hetero) is 1. The minimum absolute atomic E-state index is 0.00298. The minimum atomic E-state index is -0.00298. The van der Waals surface area contributed by atoms with Crippen molar-refractivity contribution in [3.05, 3.63) is 0 Å². The zero-order valence-electron chi connectivity index (χ0n) is 19.1. The molecule has 0 amide bonds. The van der Waals surface area contributed by atoms with Crippen LogP contribution in [-0.4, -0.2) is 31.7 Å². The smallest absolute Gasteiger partial charge is 0.139 e. The zero-order chi connectivity index (χ0) is 20.6. The van der Waals surface area contributed by atoms with E-state index < -0.39 is 0 Å². The first kappa shape index (κ1) is 21.3. The standard InChI is InChI=1S/C25H42N2O2/c1-5-17-19-8-7-18-20-9-10-23(28)25(20,3)13-11-21(18)24(19,2)14-12-22(17)27-29-16-6-15-26-4/h17-21,26H,5-16H2,1-4H3/b27-22+/t17-,18-,19?,20-,21-,24-,25-/m0/s1. The van der Waals surface area contributed by atoms with Gasteiger partial charge in [-0.15, -0.1) is 0 Å². The second kappa shape index (κ2) is 8.32. The first-order valence-electron chi connectivity index (χ1n) is 12.3. The highest BCUT2D eigenvalue weighted by molar-refractivity contribution is 5.88. The molecular weight excluding hydrogens is 360 g/mol. The summed E-state index contributed by atoms with van der Waals surface area (Å²) in [5, 5.41) is 7.82. The number of fused-ring (bicyclic) bond motifs is 5. The fourth-order valence-electron chi connectivity index (χ4n) is 8.18. The summed E-state index contributed by atoms with van der Waals surface area (Å²) >= 11 is 0. The van der Waals surface area contributed by atoms with Crippen LogP contribution < -0.4 is 5.32 Å². The van der Waals surface area contributed by atoms with E-state index in [4.69, 9.17) is 4.84 Å². The van der Waals surface area contributed by atoms with Crippen molar-refractivity contribution in [2.75, 3.05) is 20.2 Å². The first-order valence-corrected chi connectivity index (χ1v) is 12.3. The molecule has 1 N–H and O–H groups in total. The maximum atomic E-state index is 12.6. The maximum absolute atomic E-state index is 12.6. The van der Waals surface area contributed by atoms with E-state index in [-0.39, 0.29) is 5.41 Å². The van der Waals surface area contributed by atoms with Crippen LogP contribution in [0.1, 0.15) is 85.0 Å². The van der Waals surface area contributed by atoms with Gasteiger partial charge in [0.05, 0.1) is 5.71 Å². The fourth-order valence-corrected chi connectivity index (χ4v) is 8.18. The molecule has 0 aromatic rings. The summed E-state index contributed by atoms with van der Waals surface area (Å²) in [6.45, 7) is 8.92. The van der Waals surface area contributed by atoms with Gasteiger partial charge in [0.25, 0.3) is 0 Å². The molecule has 0 spiro atoms. The van der Waals surface area contributed by atoms with Crippen molar-refractivity contribution in [1.29, 1.82) is 0 Å². The summed E-state index contributed by atoms with van der Waals surface area (Å²) in [4.78, 5) is 18.4. The van der Waals surface area contributed by atoms with Crippen LogP contribution in [0.25, 0.3) is 0 Å². The van der Waals surface area contributed by atoms with Gasteiger partial charge in [-0.2, -0.15) is 0 Å². The topological polar surface area (TPSA) is 50.7 Å². The Kier molecular flexibility index (Phi) is 6.12. The number of carbonyl (C=O) groups excluding carboxylic acids is 1. The lowest BCUT2D eigenvalue weighted by Crippen LogP contribution is -2.56. The van der Waals surface area contributed by atoms with Crippen molar-refractivity contribution < 1.29 is 9.63 Å². The third kappa shape index (κ3) is 3.47. The van der Waals surface area contributed by atoms with Crippen molar-refractivity contribution in [3.8, 4) is 0 Å². The van der Waals surface area contributed by atoms with E-state index in [1.165, 1.54) is 37.8 Å². The van der Waals surface area contributed by atoms with Gasteiger partial charge in [0, 0.05) is 17.8 Å². The van der Waals surface area contributed by atoms with Crippen molar-refractivity contribution in [3.63, 3.8) is 0 Å². The quantitative estimate of drug-likeness (QED) is 0.490. The number of rotatable bonds is 6. The Morgan fingerprint density at radius 3 is 2.66 bits per heavy atom. The minimum Gasteiger partial charge on any atom is -0.396 e. The molecule has 4 nitrogen and oxygen atoms in total. The molecule has 4 aliphatic rings. The number of nitrogens with one attached hydrogen (secondary N) is 1. The lowest BCUT2D eigenvalue weighted by molar-refractivity contribution is -0.138. The number of hydrogen-bond acceptors (Lipinski definition) is 4. The van der Waals surface area contributed by atoms with E-state index in [9.17, 15) is 4.79 Å². The van der Waals surface area contributed by atoms with Crippen LogP contribution in [0.15, 0.2) is 5.16 Å². The molecule has 4 aliphatic carbocycles. The highest BCUT2D eigenvalue weighted by atomic mass is 16.6. The average molecular weight is 403 g/mol. The van der Waals surface area contributed by atoms with Gasteiger partial charge < -0.3 is 10.2 Å². The van der Waals surface area contributed by atoms with Gasteiger partial charge in [-0.05, 0) is 100 Å². The molecule has 0 saturated heterocycles. The molecule has 0 aromatic heterocycles. The van der Waals surface area contributed by atoms with Gasteiger partial charge in [-0.25, -0.2) is 0 Å². The fraction of sp³-hybridized carbons (Fsp3) is 0.920. The second-order valence-corrected chi connectivity index (χ2v) is 10.9. The highest BCUT2D eigenvalue weighted by Crippen LogP contribution is 2.66. The van der Waals surface area contributed by atoms with Crippen LogP contribution in [-0.2, 0) is 9.63 Å². The van der Waals surface area contributed by atoms with Crippen LogP contribution >= 0.6 is 0 Å². The molecule has 4 fully saturated rings. The average Bonchev–Trinajstić information content (AvgIpc) is 3.02. The molecule has 0 heterocycles. The number of ketones is 1. The summed E-state index contributed by atoms with van der Waals surface area (Å²) in [5.41, 5.74) is 1.74. The van der Waals surface area contributed by atoms with Crippen LogP contribution in [0.4, 0.5) is 0 Å². The third-order valence-corrected chi connectivity index (χ3v) is 9.77. The van der Waals surface area contributed by atoms with Crippen LogP contribution in [0.2, 0.25) is 0 Å². The van der Waals surface area contributed by atoms with Gasteiger partial charge in [0.1, 0.15) is 12.4 Å². The largest absolute Gasteiger partial charge is 0.396 e. The summed E-state index contributed by atoms with van der Waals surface area (Å²) in [7, 11) is 1.98. The molecule has 0 bridgehead atoms. The molecule has 0 radical (unpaired) electrons. The second-order valence-electron chi connectivity index (χ2n) is 10.9. The summed E-state index contributed by atoms with van der Waals surface area (Å²) in [6.07, 6.45) is 11.6. The molecule has 4 heteroatoms. The van der Waals surface area contributed by atoms with Crippen molar-refractivity contribution in [2.45, 2.75) is 85.0 Å². The molecule has 0 aliphatic heterocycles. The molecule has 7 atom stereocenters. The third-order valence-electron chi connectivity index (χ3n) is 9.77. The maximum Gasteiger partial charge on any atom is 0.139 e. The van der Waals surface area contributed by atoms with Gasteiger partial charge >= 0.3 is 0 Å². The number of hydrogen-bond donors (Lipinski definition) is 1. The Balaban J connectivity index is 1.50. The summed E-state index contributed by atoms with van der Waals surface area (Å²) < 4.78 is 0. The summed E-state index contributed by atoms with van der Waals surface area (Å²) in [5.74, 6) is 4.11. The first-order chi connectivity index (χ1) is 14.0. The molecule has 29 heavy (non-hydrogen) atoms. The van der Waals surface area contributed by atoms with E-state index in [0.717, 1.165) is 56.4 Å². The van der Waals surface area contributed by atoms with E-state index in [0.29, 0.717) is 29.6 Å². The lowest BCUT2D eigenvalue weighted by Gasteiger charge is -2.61. The predicted octanol–water partition coefficient (Wildman–Crippen LogP) is 5.22. The SMILES string of the molecule is CC[C@@H]1/C(=N/OCCCNC)CC[C@@]2(C)C1CC[C@@H]1[C@@H]2CC[C@]2(C)C(=O)CC[C@@H]12. The Morgan fingerprint density at radius 2 is 1.90 bits per heavy atom. The van der Waals surface area contributed by atoms with Crippen molar-refractivity contribution in [2.24, 2.45) is 45.6 Å². The van der Waals surface area contributed by atoms with Gasteiger partial charge in [0.2, 0.25) is 0 Å². The Hall–Kier alpha value is -0.900. The normalized spacial score (nSPS) is 45.6. The van der Waals surface area contributed by atoms with Gasteiger partial charge in [-0.1, -0.05) is 25.9 Å². The monoisotopic (exact) mass is 402 g/mol. The molecular formula is C25H42N2O2. The Bertz CT molecular complexity index is 647. The van der Waals surface area contributed by atoms with Crippen molar-refractivity contribution in [1.82, 2.24) is 5.32 Å². The van der Waals surface area contributed by atoms with Crippen LogP contribution in [0, 0.1) is 40.4 Å². The molecule has 1 unspecified atom stereocenters. The van der Waals surface area contributed by atoms with E-state index >= 15 is 0 Å². The highest BCUT2D eigenvalue weighted by Gasteiger charge is 2.61. The molecule has 164 valence electrons. The summed E-state index contributed by atoms with van der Waals surface area (Å²) in [6, 6.07) is 0. The number of oxime groups is 1. The number of nitrogens with zero attached hydrogens (tertiary/aromatic N) is 1. The zero-order valence-corrected chi connectivity index (χ0v) is 19.1. The van der Waals surface area contributed by atoms with Crippen molar-refractivity contribution >= 4 is 11.5 Å². The molecule has 0 aromatic carbocycles. The Morgan fingerprint density at radius 1 is 1.07 bits per heavy atom. The molecule has 4 saturated carbocycles. The number of carbonyl (C=O) groups is 1. The lowest BCUT2D eigenvalue weighted by atomic mass is 9.43. The molecule has 4 rings (SSSR count). The van der Waals surface area contributed by atoms with E-state index in [2.05, 4.69) is 31.2 Å². The Labute approximate surface area is 177 Å². The van der Waals surface area contributed by atoms with Gasteiger partial charge in [0.15, 0.2) is 0 Å². The van der Waals surface area contributed by atoms with E-state index in [1.807, 2.05) is 7.05 Å². The van der Waals surface area contributed by atoms with Gasteiger partial charge in [-0.3, -0.25) is 4.79 Å². The van der Waals surface area contributed by atoms with Crippen LogP contribution in [0.3, 0.4) is 0 Å². The predicted molar refractivity (Wildman–Crippen MR) is 118 cm³/mol. The van der Waals surface area contributed by atoms with Crippen LogP contribution in [0.5, 0.6) is 0 Å².